The van der Waals surface area contributed by atoms with Gasteiger partial charge in [-0.3, -0.25) is 0 Å². The van der Waals surface area contributed by atoms with Crippen LogP contribution in [-0.2, 0) is 0 Å². The lowest BCUT2D eigenvalue weighted by Gasteiger charge is -2.13. The molecule has 0 saturated carbocycles. The van der Waals surface area contributed by atoms with Crippen LogP contribution in [0.4, 0.5) is 8.78 Å². The molecule has 0 aliphatic carbocycles. The van der Waals surface area contributed by atoms with Crippen LogP contribution in [0.3, 0.4) is 0 Å². The Kier molecular flexibility index (Phi) is 5.20. The van der Waals surface area contributed by atoms with Crippen molar-refractivity contribution >= 4 is 23.2 Å². The molecule has 128 valence electrons. The van der Waals surface area contributed by atoms with Gasteiger partial charge in [0.15, 0.2) is 11.5 Å². The second kappa shape index (κ2) is 7.54. The van der Waals surface area contributed by atoms with Crippen molar-refractivity contribution in [3.05, 3.63) is 58.6 Å². The van der Waals surface area contributed by atoms with Gasteiger partial charge in [0.25, 0.3) is 6.43 Å². The van der Waals surface area contributed by atoms with Crippen molar-refractivity contribution in [3.63, 3.8) is 0 Å². The van der Waals surface area contributed by atoms with Crippen molar-refractivity contribution in [1.29, 1.82) is 0 Å². The summed E-state index contributed by atoms with van der Waals surface area (Å²) in [6.45, 7) is 0. The second-order valence-corrected chi connectivity index (χ2v) is 5.42. The molecule has 3 aromatic rings. The van der Waals surface area contributed by atoms with Gasteiger partial charge in [0.1, 0.15) is 0 Å². The summed E-state index contributed by atoms with van der Waals surface area (Å²) in [4.78, 5) is 15.3. The summed E-state index contributed by atoms with van der Waals surface area (Å²) in [6, 6.07) is 3.76. The van der Waals surface area contributed by atoms with E-state index in [0.29, 0.717) is 5.02 Å². The predicted octanol–water partition coefficient (Wildman–Crippen LogP) is 5.10. The van der Waals surface area contributed by atoms with E-state index in [1.54, 1.807) is 0 Å². The first kappa shape index (κ1) is 17.2. The molecule has 1 aromatic carbocycles. The minimum atomic E-state index is -2.81. The zero-order valence-electron chi connectivity index (χ0n) is 12.2. The molecule has 0 fully saturated rings. The van der Waals surface area contributed by atoms with E-state index in [0.717, 1.165) is 0 Å². The van der Waals surface area contributed by atoms with Gasteiger partial charge >= 0.3 is 12.0 Å². The highest BCUT2D eigenvalue weighted by Crippen LogP contribution is 2.40. The molecule has 25 heavy (non-hydrogen) atoms. The maximum Gasteiger partial charge on any atom is 0.322 e. The smallest absolute Gasteiger partial charge is 0.322 e. The molecule has 3 rings (SSSR count). The second-order valence-electron chi connectivity index (χ2n) is 4.55. The van der Waals surface area contributed by atoms with Crippen molar-refractivity contribution in [3.8, 4) is 23.5 Å². The minimum absolute atomic E-state index is 0.0290. The molecule has 6 nitrogen and oxygen atoms in total. The third-order valence-electron chi connectivity index (χ3n) is 2.83. The fourth-order valence-electron chi connectivity index (χ4n) is 1.79. The quantitative estimate of drug-likeness (QED) is 0.609. The Balaban J connectivity index is 1.97. The Hall–Kier alpha value is -2.58. The number of aromatic nitrogens is 4. The van der Waals surface area contributed by atoms with Crippen LogP contribution < -0.4 is 9.47 Å². The lowest BCUT2D eigenvalue weighted by atomic mass is 10.2. The van der Waals surface area contributed by atoms with E-state index in [2.05, 4.69) is 19.9 Å². The maximum absolute atomic E-state index is 13.3. The number of hydrogen-bond donors (Lipinski definition) is 0. The highest BCUT2D eigenvalue weighted by molar-refractivity contribution is 6.30. The van der Waals surface area contributed by atoms with E-state index < -0.39 is 12.0 Å². The molecule has 10 heteroatoms. The van der Waals surface area contributed by atoms with Crippen LogP contribution in [0.25, 0.3) is 0 Å². The Morgan fingerprint density at radius 1 is 0.800 bits per heavy atom. The van der Waals surface area contributed by atoms with Gasteiger partial charge in [0.2, 0.25) is 0 Å². The number of hydrogen-bond acceptors (Lipinski definition) is 6. The summed E-state index contributed by atoms with van der Waals surface area (Å²) in [5, 5.41) is 0.584. The van der Waals surface area contributed by atoms with Gasteiger partial charge in [0, 0.05) is 0 Å². The molecule has 0 spiro atoms. The normalized spacial score (nSPS) is 10.8. The van der Waals surface area contributed by atoms with E-state index in [-0.39, 0.29) is 28.5 Å². The lowest BCUT2D eigenvalue weighted by molar-refractivity contribution is 0.147. The molecule has 0 saturated heterocycles. The fourth-order valence-corrected chi connectivity index (χ4v) is 1.99. The monoisotopic (exact) mass is 384 g/mol. The van der Waals surface area contributed by atoms with Gasteiger partial charge in [-0.25, -0.2) is 28.7 Å². The van der Waals surface area contributed by atoms with Gasteiger partial charge in [-0.05, 0) is 12.1 Å². The standard InChI is InChI=1S/C15H8Cl2F2N4O2/c16-8-4-20-14(21-5-8)24-11-3-1-2-10(13(18)19)12(11)25-15-22-6-9(17)7-23-15/h1-7,13H. The molecule has 0 atom stereocenters. The van der Waals surface area contributed by atoms with Crippen LogP contribution in [0.5, 0.6) is 23.5 Å². The van der Waals surface area contributed by atoms with Crippen LogP contribution in [-0.4, -0.2) is 19.9 Å². The molecule has 0 unspecified atom stereocenters. The zero-order chi connectivity index (χ0) is 17.8. The molecule has 2 heterocycles. The lowest BCUT2D eigenvalue weighted by Crippen LogP contribution is -2.00. The average molecular weight is 385 g/mol. The molecule has 0 aliphatic heterocycles. The van der Waals surface area contributed by atoms with Gasteiger partial charge in [-0.1, -0.05) is 29.3 Å². The van der Waals surface area contributed by atoms with Gasteiger partial charge in [-0.15, -0.1) is 0 Å². The Morgan fingerprint density at radius 2 is 1.32 bits per heavy atom. The number of benzene rings is 1. The van der Waals surface area contributed by atoms with Crippen LogP contribution in [0.1, 0.15) is 12.0 Å². The SMILES string of the molecule is FC(F)c1cccc(Oc2ncc(Cl)cn2)c1Oc1ncc(Cl)cn1. The number of ether oxygens (including phenoxy) is 2. The van der Waals surface area contributed by atoms with Crippen molar-refractivity contribution in [2.24, 2.45) is 0 Å². The molecule has 2 aromatic heterocycles. The van der Waals surface area contributed by atoms with E-state index >= 15 is 0 Å². The third-order valence-corrected chi connectivity index (χ3v) is 3.22. The first-order chi connectivity index (χ1) is 12.0. The van der Waals surface area contributed by atoms with Crippen molar-refractivity contribution < 1.29 is 18.3 Å². The summed E-state index contributed by atoms with van der Waals surface area (Å²) >= 11 is 11.4. The molecule has 0 bridgehead atoms. The van der Waals surface area contributed by atoms with Gasteiger partial charge < -0.3 is 9.47 Å². The van der Waals surface area contributed by atoms with Gasteiger partial charge in [-0.2, -0.15) is 0 Å². The van der Waals surface area contributed by atoms with E-state index in [4.69, 9.17) is 32.7 Å². The topological polar surface area (TPSA) is 70.0 Å². The van der Waals surface area contributed by atoms with Crippen LogP contribution in [0.15, 0.2) is 43.0 Å². The summed E-state index contributed by atoms with van der Waals surface area (Å²) < 4.78 is 37.5. The van der Waals surface area contributed by atoms with Crippen LogP contribution in [0, 0.1) is 0 Å². The van der Waals surface area contributed by atoms with E-state index in [1.165, 1.54) is 43.0 Å². The first-order valence-corrected chi connectivity index (χ1v) is 7.50. The number of nitrogens with zero attached hydrogens (tertiary/aromatic N) is 4. The van der Waals surface area contributed by atoms with E-state index in [9.17, 15) is 8.78 Å². The summed E-state index contributed by atoms with van der Waals surface area (Å²) in [5.74, 6) is -0.281. The number of para-hydroxylation sites is 1. The van der Waals surface area contributed by atoms with Crippen molar-refractivity contribution in [1.82, 2.24) is 19.9 Å². The molecule has 0 N–H and O–H groups in total. The Bertz CT molecular complexity index is 864. The largest absolute Gasteiger partial charge is 0.420 e. The zero-order valence-corrected chi connectivity index (χ0v) is 13.7. The molecule has 0 amide bonds. The van der Waals surface area contributed by atoms with Crippen molar-refractivity contribution in [2.45, 2.75) is 6.43 Å². The molecular formula is C15H8Cl2F2N4O2. The molecular weight excluding hydrogens is 377 g/mol. The number of rotatable bonds is 5. The fraction of sp³-hybridized carbons (Fsp3) is 0.0667. The predicted molar refractivity (Wildman–Crippen MR) is 85.6 cm³/mol. The summed E-state index contributed by atoms with van der Waals surface area (Å²) in [6.07, 6.45) is 2.36. The molecule has 0 aliphatic rings. The summed E-state index contributed by atoms with van der Waals surface area (Å²) in [7, 11) is 0. The van der Waals surface area contributed by atoms with Crippen LogP contribution in [0.2, 0.25) is 10.0 Å². The highest BCUT2D eigenvalue weighted by Gasteiger charge is 2.21. The summed E-state index contributed by atoms with van der Waals surface area (Å²) in [5.41, 5.74) is -0.398. The number of halogens is 4. The van der Waals surface area contributed by atoms with Crippen LogP contribution >= 0.6 is 23.2 Å². The highest BCUT2D eigenvalue weighted by atomic mass is 35.5. The molecule has 0 radical (unpaired) electrons. The maximum atomic E-state index is 13.3. The minimum Gasteiger partial charge on any atom is -0.420 e. The first-order valence-electron chi connectivity index (χ1n) is 6.75. The van der Waals surface area contributed by atoms with Gasteiger partial charge in [0.05, 0.1) is 40.4 Å². The third kappa shape index (κ3) is 4.28. The Morgan fingerprint density at radius 3 is 1.84 bits per heavy atom. The average Bonchev–Trinajstić information content (AvgIpc) is 2.60. The number of alkyl halides is 2. The van der Waals surface area contributed by atoms with E-state index in [1.807, 2.05) is 0 Å². The Labute approximate surface area is 150 Å². The van der Waals surface area contributed by atoms with Crippen molar-refractivity contribution in [2.75, 3.05) is 0 Å².